The number of benzene rings is 4. The average Bonchev–Trinajstić information content (AvgIpc) is 3.27. The number of phenolic OH excluding ortho intramolecular Hbond substituents is 6. The summed E-state index contributed by atoms with van der Waals surface area (Å²) in [5.41, 5.74) is 3.01. The van der Waals surface area contributed by atoms with Crippen molar-refractivity contribution in [2.45, 2.75) is 30.8 Å². The number of ether oxygens (including phenoxy) is 3. The second kappa shape index (κ2) is 11.0. The molecule has 1 aliphatic rings. The second-order valence-electron chi connectivity index (χ2n) is 10.0. The highest BCUT2D eigenvalue weighted by Crippen LogP contribution is 2.63. The summed E-state index contributed by atoms with van der Waals surface area (Å²) in [7, 11) is 2.88. The number of hydrogen-bond donors (Lipinski definition) is 6. The van der Waals surface area contributed by atoms with Gasteiger partial charge in [-0.25, -0.2) is 0 Å². The molecule has 4 aromatic carbocycles. The summed E-state index contributed by atoms with van der Waals surface area (Å²) < 4.78 is 17.1. The van der Waals surface area contributed by atoms with Gasteiger partial charge in [0, 0.05) is 42.1 Å². The van der Waals surface area contributed by atoms with E-state index in [1.807, 2.05) is 6.92 Å². The van der Waals surface area contributed by atoms with E-state index in [1.54, 1.807) is 42.5 Å². The Morgan fingerprint density at radius 2 is 1.27 bits per heavy atom. The van der Waals surface area contributed by atoms with Crippen molar-refractivity contribution >= 4 is 0 Å². The molecular formula is C32H32O9. The van der Waals surface area contributed by atoms with Crippen LogP contribution in [0.5, 0.6) is 46.0 Å². The van der Waals surface area contributed by atoms with Gasteiger partial charge in [-0.3, -0.25) is 0 Å². The van der Waals surface area contributed by atoms with Crippen LogP contribution < -0.4 is 9.47 Å². The molecule has 0 bridgehead atoms. The van der Waals surface area contributed by atoms with Crippen LogP contribution in [0.4, 0.5) is 0 Å². The molecule has 0 saturated carbocycles. The van der Waals surface area contributed by atoms with Crippen molar-refractivity contribution in [1.82, 2.24) is 0 Å². The maximum absolute atomic E-state index is 11.3. The number of fused-ring (bicyclic) bond motifs is 1. The lowest BCUT2D eigenvalue weighted by molar-refractivity contribution is 0.0360. The molecule has 0 aliphatic heterocycles. The van der Waals surface area contributed by atoms with E-state index in [0.717, 1.165) is 0 Å². The molecule has 5 rings (SSSR count). The molecule has 9 nitrogen and oxygen atoms in total. The summed E-state index contributed by atoms with van der Waals surface area (Å²) >= 11 is 0. The molecule has 4 aromatic rings. The Morgan fingerprint density at radius 1 is 0.659 bits per heavy atom. The zero-order valence-electron chi connectivity index (χ0n) is 22.8. The van der Waals surface area contributed by atoms with Gasteiger partial charge in [0.15, 0.2) is 23.0 Å². The maximum atomic E-state index is 11.3. The molecule has 6 N–H and O–H groups in total. The van der Waals surface area contributed by atoms with Crippen molar-refractivity contribution in [3.8, 4) is 46.0 Å². The summed E-state index contributed by atoms with van der Waals surface area (Å²) in [6, 6.07) is 17.0. The van der Waals surface area contributed by atoms with Crippen LogP contribution >= 0.6 is 0 Å². The lowest BCUT2D eigenvalue weighted by Gasteiger charge is -2.33. The molecular weight excluding hydrogens is 528 g/mol. The summed E-state index contributed by atoms with van der Waals surface area (Å²) in [4.78, 5) is 0. The topological polar surface area (TPSA) is 149 Å². The van der Waals surface area contributed by atoms with Gasteiger partial charge < -0.3 is 44.8 Å². The average molecular weight is 561 g/mol. The van der Waals surface area contributed by atoms with Crippen LogP contribution in [0.3, 0.4) is 0 Å². The molecule has 214 valence electrons. The van der Waals surface area contributed by atoms with Crippen LogP contribution in [0.1, 0.15) is 58.6 Å². The first-order valence-electron chi connectivity index (χ1n) is 13.1. The van der Waals surface area contributed by atoms with Crippen LogP contribution in [-0.4, -0.2) is 51.5 Å². The van der Waals surface area contributed by atoms with Gasteiger partial charge in [0.25, 0.3) is 0 Å². The van der Waals surface area contributed by atoms with Gasteiger partial charge in [-0.05, 0) is 71.6 Å². The molecule has 0 heterocycles. The molecule has 9 heteroatoms. The van der Waals surface area contributed by atoms with Gasteiger partial charge in [0.05, 0.1) is 20.3 Å². The maximum Gasteiger partial charge on any atom is 0.160 e. The van der Waals surface area contributed by atoms with Crippen LogP contribution in [0, 0.1) is 0 Å². The number of phenols is 6. The molecule has 4 atom stereocenters. The highest BCUT2D eigenvalue weighted by atomic mass is 16.5. The summed E-state index contributed by atoms with van der Waals surface area (Å²) in [5.74, 6) is -1.96. The minimum Gasteiger partial charge on any atom is -0.508 e. The Kier molecular flexibility index (Phi) is 7.47. The first-order chi connectivity index (χ1) is 19.7. The number of aromatic hydroxyl groups is 6. The normalized spacial score (nSPS) is 18.6. The Bertz CT molecular complexity index is 1560. The Morgan fingerprint density at radius 3 is 1.90 bits per heavy atom. The third-order valence-corrected chi connectivity index (χ3v) is 7.67. The zero-order chi connectivity index (χ0) is 29.4. The van der Waals surface area contributed by atoms with Gasteiger partial charge in [-0.2, -0.15) is 0 Å². The van der Waals surface area contributed by atoms with Crippen molar-refractivity contribution in [3.63, 3.8) is 0 Å². The standard InChI is InChI=1S/C32H32O9/c1-4-41-32(17-6-8-24(37)27(12-17)40-3)31-22-14-21(35)15-25(38)30(22)28(16-5-7-23(36)26(11-16)39-2)29(31)18-9-19(33)13-20(34)10-18/h5-15,28-29,31-38H,4H2,1-3H3/t28-,29-,31-,32?/m0/s1. The van der Waals surface area contributed by atoms with E-state index < -0.39 is 23.9 Å². The van der Waals surface area contributed by atoms with Crippen LogP contribution in [-0.2, 0) is 4.74 Å². The van der Waals surface area contributed by atoms with E-state index >= 15 is 0 Å². The van der Waals surface area contributed by atoms with E-state index in [9.17, 15) is 30.6 Å². The van der Waals surface area contributed by atoms with Gasteiger partial charge in [0.2, 0.25) is 0 Å². The van der Waals surface area contributed by atoms with E-state index in [4.69, 9.17) is 14.2 Å². The van der Waals surface area contributed by atoms with Crippen LogP contribution in [0.2, 0.25) is 0 Å². The number of methoxy groups -OCH3 is 2. The van der Waals surface area contributed by atoms with Gasteiger partial charge in [-0.15, -0.1) is 0 Å². The molecule has 1 aliphatic carbocycles. The molecule has 41 heavy (non-hydrogen) atoms. The first-order valence-corrected chi connectivity index (χ1v) is 13.1. The predicted octanol–water partition coefficient (Wildman–Crippen LogP) is 5.73. The Labute approximate surface area is 237 Å². The molecule has 0 spiro atoms. The molecule has 0 amide bonds. The summed E-state index contributed by atoms with van der Waals surface area (Å²) in [6.45, 7) is 2.15. The zero-order valence-corrected chi connectivity index (χ0v) is 22.8. The lowest BCUT2D eigenvalue weighted by Crippen LogP contribution is -2.21. The van der Waals surface area contributed by atoms with E-state index in [-0.39, 0.29) is 46.0 Å². The third-order valence-electron chi connectivity index (χ3n) is 7.67. The quantitative estimate of drug-likeness (QED) is 0.159. The van der Waals surface area contributed by atoms with Crippen molar-refractivity contribution in [3.05, 3.63) is 94.5 Å². The highest BCUT2D eigenvalue weighted by molar-refractivity contribution is 5.62. The smallest absolute Gasteiger partial charge is 0.160 e. The first kappa shape index (κ1) is 27.8. The SMILES string of the molecule is CCOC(c1ccc(O)c(OC)c1)[C@H]1c2cc(O)cc(O)c2[C@@H](c2ccc(O)c(OC)c2)[C@@H]1c1cc(O)cc(O)c1. The van der Waals surface area contributed by atoms with Crippen molar-refractivity contribution < 1.29 is 44.8 Å². The molecule has 1 unspecified atom stereocenters. The molecule has 0 fully saturated rings. The summed E-state index contributed by atoms with van der Waals surface area (Å²) in [5, 5.41) is 63.5. The summed E-state index contributed by atoms with van der Waals surface area (Å²) in [6.07, 6.45) is -0.687. The van der Waals surface area contributed by atoms with E-state index in [0.29, 0.717) is 34.4 Å². The number of hydrogen-bond acceptors (Lipinski definition) is 9. The van der Waals surface area contributed by atoms with Crippen molar-refractivity contribution in [2.24, 2.45) is 0 Å². The van der Waals surface area contributed by atoms with Gasteiger partial charge in [0.1, 0.15) is 23.0 Å². The lowest BCUT2D eigenvalue weighted by atomic mass is 9.74. The minimum atomic E-state index is -0.687. The van der Waals surface area contributed by atoms with E-state index in [2.05, 4.69) is 0 Å². The van der Waals surface area contributed by atoms with E-state index in [1.165, 1.54) is 38.5 Å². The molecule has 0 aromatic heterocycles. The highest BCUT2D eigenvalue weighted by Gasteiger charge is 2.49. The van der Waals surface area contributed by atoms with Gasteiger partial charge in [-0.1, -0.05) is 12.1 Å². The Hall–Kier alpha value is -4.76. The second-order valence-corrected chi connectivity index (χ2v) is 10.0. The molecule has 0 saturated heterocycles. The predicted molar refractivity (Wildman–Crippen MR) is 151 cm³/mol. The fourth-order valence-electron chi connectivity index (χ4n) is 6.12. The largest absolute Gasteiger partial charge is 0.508 e. The molecule has 0 radical (unpaired) electrons. The van der Waals surface area contributed by atoms with Gasteiger partial charge >= 0.3 is 0 Å². The van der Waals surface area contributed by atoms with Crippen molar-refractivity contribution in [2.75, 3.05) is 20.8 Å². The van der Waals surface area contributed by atoms with Crippen LogP contribution in [0.25, 0.3) is 0 Å². The van der Waals surface area contributed by atoms with Crippen molar-refractivity contribution in [1.29, 1.82) is 0 Å². The Balaban J connectivity index is 1.84. The number of rotatable bonds is 8. The fourth-order valence-corrected chi connectivity index (χ4v) is 6.12. The monoisotopic (exact) mass is 560 g/mol. The van der Waals surface area contributed by atoms with Crippen LogP contribution in [0.15, 0.2) is 66.7 Å². The minimum absolute atomic E-state index is 0.0443. The third kappa shape index (κ3) is 5.00. The fraction of sp³-hybridized carbons (Fsp3) is 0.250.